The van der Waals surface area contributed by atoms with Crippen molar-refractivity contribution in [2.24, 2.45) is 10.2 Å². The van der Waals surface area contributed by atoms with E-state index in [1.165, 1.54) is 35.8 Å². The van der Waals surface area contributed by atoms with E-state index in [1.54, 1.807) is 11.3 Å². The molecule has 0 saturated heterocycles. The molecule has 170 valence electrons. The lowest BCUT2D eigenvalue weighted by Gasteiger charge is -2.20. The molecule has 0 unspecified atom stereocenters. The number of thiazole rings is 2. The molecule has 33 heavy (non-hydrogen) atoms. The van der Waals surface area contributed by atoms with Crippen molar-refractivity contribution in [3.63, 3.8) is 0 Å². The molecule has 0 bridgehead atoms. The first-order valence-electron chi connectivity index (χ1n) is 10.7. The van der Waals surface area contributed by atoms with Gasteiger partial charge in [0.25, 0.3) is 5.01 Å². The zero-order valence-corrected chi connectivity index (χ0v) is 23.2. The van der Waals surface area contributed by atoms with E-state index in [0.29, 0.717) is 10.3 Å². The van der Waals surface area contributed by atoms with E-state index in [1.807, 2.05) is 18.2 Å². The standard InChI is InChI=1S/C24H24ClIN5S2/c1-4-30(5-2)18-10-8-17(9-11-18)28-29-24-27-23(25)20(33-24)13-14-22-31(6-3)19-12-7-16(26)15-21(19)32-22/h7-15H,4-6H2,1-3H3/q+1. The Morgan fingerprint density at radius 2 is 1.79 bits per heavy atom. The van der Waals surface area contributed by atoms with Gasteiger partial charge < -0.3 is 4.90 Å². The molecule has 0 aliphatic heterocycles. The Morgan fingerprint density at radius 1 is 1.03 bits per heavy atom. The molecule has 0 radical (unpaired) electrons. The number of benzene rings is 2. The molecule has 0 saturated carbocycles. The molecule has 2 aromatic heterocycles. The van der Waals surface area contributed by atoms with Crippen molar-refractivity contribution in [1.82, 2.24) is 4.98 Å². The quantitative estimate of drug-likeness (QED) is 0.115. The molecule has 0 spiro atoms. The number of hydrogen-bond donors (Lipinski definition) is 0. The van der Waals surface area contributed by atoms with Crippen LogP contribution in [0.3, 0.4) is 0 Å². The van der Waals surface area contributed by atoms with Gasteiger partial charge in [-0.05, 0) is 85.8 Å². The van der Waals surface area contributed by atoms with Crippen LogP contribution in [0.5, 0.6) is 0 Å². The van der Waals surface area contributed by atoms with Gasteiger partial charge in [-0.15, -0.1) is 10.2 Å². The third kappa shape index (κ3) is 5.62. The summed E-state index contributed by atoms with van der Waals surface area (Å²) >= 11 is 11.9. The molecular weight excluding hydrogens is 585 g/mol. The molecule has 5 nitrogen and oxygen atoms in total. The maximum Gasteiger partial charge on any atom is 0.262 e. The summed E-state index contributed by atoms with van der Waals surface area (Å²) in [6, 6.07) is 14.6. The van der Waals surface area contributed by atoms with Gasteiger partial charge in [-0.2, -0.15) is 4.57 Å². The number of hydrogen-bond acceptors (Lipinski definition) is 6. The average molecular weight is 609 g/mol. The lowest BCUT2D eigenvalue weighted by atomic mass is 10.2. The topological polar surface area (TPSA) is 44.7 Å². The molecule has 0 fully saturated rings. The van der Waals surface area contributed by atoms with E-state index >= 15 is 0 Å². The van der Waals surface area contributed by atoms with Crippen LogP contribution in [0.1, 0.15) is 30.7 Å². The van der Waals surface area contributed by atoms with Crippen LogP contribution in [0.15, 0.2) is 52.7 Å². The summed E-state index contributed by atoms with van der Waals surface area (Å²) in [7, 11) is 0. The molecule has 0 atom stereocenters. The molecule has 4 rings (SSSR count). The maximum absolute atomic E-state index is 6.39. The minimum atomic E-state index is 0.445. The molecular formula is C24H24ClIN5S2+. The number of aryl methyl sites for hydroxylation is 1. The zero-order valence-electron chi connectivity index (χ0n) is 18.6. The van der Waals surface area contributed by atoms with E-state index < -0.39 is 0 Å². The largest absolute Gasteiger partial charge is 0.372 e. The third-order valence-corrected chi connectivity index (χ3v) is 8.30. The van der Waals surface area contributed by atoms with Gasteiger partial charge in [-0.1, -0.05) is 34.3 Å². The maximum atomic E-state index is 6.39. The molecule has 0 amide bonds. The van der Waals surface area contributed by atoms with E-state index in [0.717, 1.165) is 30.2 Å². The lowest BCUT2D eigenvalue weighted by Crippen LogP contribution is -2.33. The first kappa shape index (κ1) is 24.3. The van der Waals surface area contributed by atoms with Gasteiger partial charge in [0.05, 0.1) is 10.6 Å². The normalized spacial score (nSPS) is 11.9. The number of halogens is 2. The third-order valence-electron chi connectivity index (χ3n) is 5.21. The minimum Gasteiger partial charge on any atom is -0.372 e. The van der Waals surface area contributed by atoms with Gasteiger partial charge in [0.15, 0.2) is 0 Å². The van der Waals surface area contributed by atoms with Gasteiger partial charge in [-0.3, -0.25) is 0 Å². The molecule has 2 aromatic carbocycles. The average Bonchev–Trinajstić information content (AvgIpc) is 3.36. The molecule has 9 heteroatoms. The predicted octanol–water partition coefficient (Wildman–Crippen LogP) is 8.36. The summed E-state index contributed by atoms with van der Waals surface area (Å²) in [6.45, 7) is 9.32. The molecule has 0 N–H and O–H groups in total. The van der Waals surface area contributed by atoms with E-state index in [-0.39, 0.29) is 0 Å². The van der Waals surface area contributed by atoms with Crippen molar-refractivity contribution < 1.29 is 4.57 Å². The first-order chi connectivity index (χ1) is 16.0. The zero-order chi connectivity index (χ0) is 23.4. The van der Waals surface area contributed by atoms with Gasteiger partial charge in [-0.25, -0.2) is 4.98 Å². The van der Waals surface area contributed by atoms with Gasteiger partial charge >= 0.3 is 0 Å². The number of anilines is 1. The second-order valence-corrected chi connectivity index (χ2v) is 10.8. The molecule has 0 aliphatic carbocycles. The summed E-state index contributed by atoms with van der Waals surface area (Å²) in [5.74, 6) is 0. The first-order valence-corrected chi connectivity index (χ1v) is 13.8. The Hall–Kier alpha value is -1.88. The van der Waals surface area contributed by atoms with E-state index in [4.69, 9.17) is 11.6 Å². The fourth-order valence-corrected chi connectivity index (χ4v) is 6.40. The number of azo groups is 1. The fourth-order valence-electron chi connectivity index (χ4n) is 3.54. The monoisotopic (exact) mass is 608 g/mol. The number of fused-ring (bicyclic) bond motifs is 1. The number of nitrogens with zero attached hydrogens (tertiary/aromatic N) is 5. The Morgan fingerprint density at radius 3 is 2.48 bits per heavy atom. The van der Waals surface area contributed by atoms with Crippen LogP contribution >= 0.6 is 56.9 Å². The number of aromatic nitrogens is 2. The van der Waals surface area contributed by atoms with Crippen LogP contribution in [-0.4, -0.2) is 18.1 Å². The van der Waals surface area contributed by atoms with Crippen LogP contribution in [0.4, 0.5) is 16.5 Å². The van der Waals surface area contributed by atoms with Crippen LogP contribution in [0.2, 0.25) is 5.15 Å². The molecule has 2 heterocycles. The van der Waals surface area contributed by atoms with Crippen LogP contribution in [0.25, 0.3) is 22.4 Å². The summed E-state index contributed by atoms with van der Waals surface area (Å²) in [4.78, 5) is 7.53. The van der Waals surface area contributed by atoms with Crippen molar-refractivity contribution in [2.75, 3.05) is 18.0 Å². The number of rotatable bonds is 8. The van der Waals surface area contributed by atoms with Crippen LogP contribution in [0, 0.1) is 3.57 Å². The highest BCUT2D eigenvalue weighted by Gasteiger charge is 2.17. The summed E-state index contributed by atoms with van der Waals surface area (Å²) in [5.41, 5.74) is 3.22. The van der Waals surface area contributed by atoms with Crippen molar-refractivity contribution in [3.05, 3.63) is 61.1 Å². The van der Waals surface area contributed by atoms with Crippen molar-refractivity contribution >= 4 is 95.7 Å². The highest BCUT2D eigenvalue weighted by Crippen LogP contribution is 2.32. The van der Waals surface area contributed by atoms with Crippen LogP contribution < -0.4 is 9.47 Å². The Kier molecular flexibility index (Phi) is 8.11. The van der Waals surface area contributed by atoms with Crippen molar-refractivity contribution in [1.29, 1.82) is 0 Å². The Bertz CT molecular complexity index is 1310. The van der Waals surface area contributed by atoms with Crippen LogP contribution in [-0.2, 0) is 6.54 Å². The SMILES string of the molecule is CCN(CC)c1ccc(N=Nc2nc(Cl)c(/C=C/c3sc4cc(I)ccc4[n+]3CC)s2)cc1. The lowest BCUT2D eigenvalue weighted by molar-refractivity contribution is -0.665. The smallest absolute Gasteiger partial charge is 0.262 e. The fraction of sp³-hybridized carbons (Fsp3) is 0.250. The molecule has 0 aliphatic rings. The summed E-state index contributed by atoms with van der Waals surface area (Å²) in [6.07, 6.45) is 4.12. The highest BCUT2D eigenvalue weighted by atomic mass is 127. The Labute approximate surface area is 220 Å². The minimum absolute atomic E-state index is 0.445. The second-order valence-electron chi connectivity index (χ2n) is 7.17. The van der Waals surface area contributed by atoms with Gasteiger partial charge in [0, 0.05) is 34.5 Å². The molecule has 4 aromatic rings. The van der Waals surface area contributed by atoms with E-state index in [9.17, 15) is 0 Å². The second kappa shape index (κ2) is 11.0. The van der Waals surface area contributed by atoms with Gasteiger partial charge in [0.1, 0.15) is 16.4 Å². The predicted molar refractivity (Wildman–Crippen MR) is 151 cm³/mol. The summed E-state index contributed by atoms with van der Waals surface area (Å²) in [5, 5.41) is 10.8. The Balaban J connectivity index is 1.52. The highest BCUT2D eigenvalue weighted by molar-refractivity contribution is 14.1. The van der Waals surface area contributed by atoms with Crippen molar-refractivity contribution in [3.8, 4) is 0 Å². The summed E-state index contributed by atoms with van der Waals surface area (Å²) < 4.78 is 4.83. The van der Waals surface area contributed by atoms with Crippen molar-refractivity contribution in [2.45, 2.75) is 27.3 Å². The van der Waals surface area contributed by atoms with Gasteiger partial charge in [0.2, 0.25) is 10.6 Å². The van der Waals surface area contributed by atoms with E-state index in [2.05, 4.69) is 104 Å².